The van der Waals surface area contributed by atoms with E-state index in [2.05, 4.69) is 17.2 Å². The number of ether oxygens (including phenoxy) is 1. The van der Waals surface area contributed by atoms with E-state index in [1.807, 2.05) is 0 Å². The lowest BCUT2D eigenvalue weighted by Crippen LogP contribution is -2.61. The molecule has 1 saturated heterocycles. The predicted molar refractivity (Wildman–Crippen MR) is 63.3 cm³/mol. The van der Waals surface area contributed by atoms with Crippen LogP contribution in [0.3, 0.4) is 0 Å². The van der Waals surface area contributed by atoms with Crippen molar-refractivity contribution in [3.63, 3.8) is 0 Å². The van der Waals surface area contributed by atoms with Crippen molar-refractivity contribution in [2.24, 2.45) is 0 Å². The Kier molecular flexibility index (Phi) is 7.45. The van der Waals surface area contributed by atoms with Gasteiger partial charge in [-0.15, -0.1) is 0 Å². The summed E-state index contributed by atoms with van der Waals surface area (Å²) in [7, 11) is 0. The molecule has 10 heteroatoms. The predicted octanol–water partition coefficient (Wildman–Crippen LogP) is 2.13. The standard InChI is InChI=1S/C8H10Cl4O6/c1-3(13)5-7(17-11)8(18-12)6(16-10)4(15-5)2-14-9/h4-8H,2H2,1H3/t4-,5?,6+,7+,8+/m1/s1. The van der Waals surface area contributed by atoms with Gasteiger partial charge in [-0.3, -0.25) is 22.0 Å². The average Bonchev–Trinajstić information content (AvgIpc) is 2.37. The fourth-order valence-corrected chi connectivity index (χ4v) is 2.48. The van der Waals surface area contributed by atoms with Crippen LogP contribution in [0.5, 0.6) is 0 Å². The van der Waals surface area contributed by atoms with Crippen molar-refractivity contribution >= 4 is 53.2 Å². The molecular weight excluding hydrogens is 334 g/mol. The van der Waals surface area contributed by atoms with E-state index in [1.165, 1.54) is 6.92 Å². The lowest BCUT2D eigenvalue weighted by Gasteiger charge is -2.41. The minimum atomic E-state index is -0.994. The van der Waals surface area contributed by atoms with Crippen LogP contribution in [0.1, 0.15) is 6.92 Å². The second-order valence-electron chi connectivity index (χ2n) is 3.64. The Morgan fingerprint density at radius 3 is 2.00 bits per heavy atom. The molecule has 6 nitrogen and oxygen atoms in total. The molecule has 0 saturated carbocycles. The number of ketones is 1. The summed E-state index contributed by atoms with van der Waals surface area (Å²) < 4.78 is 23.8. The number of hydrogen-bond acceptors (Lipinski definition) is 6. The third-order valence-corrected chi connectivity index (χ3v) is 3.31. The zero-order chi connectivity index (χ0) is 13.7. The summed E-state index contributed by atoms with van der Waals surface area (Å²) in [5, 5.41) is 0. The van der Waals surface area contributed by atoms with E-state index in [9.17, 15) is 4.79 Å². The van der Waals surface area contributed by atoms with Crippen molar-refractivity contribution < 1.29 is 26.7 Å². The summed E-state index contributed by atoms with van der Waals surface area (Å²) in [4.78, 5) is 11.5. The number of hydrogen-bond donors (Lipinski definition) is 0. The van der Waals surface area contributed by atoms with E-state index in [-0.39, 0.29) is 12.4 Å². The first-order chi connectivity index (χ1) is 8.60. The highest BCUT2D eigenvalue weighted by Crippen LogP contribution is 2.30. The van der Waals surface area contributed by atoms with Crippen molar-refractivity contribution in [3.05, 3.63) is 0 Å². The molecule has 0 N–H and O–H groups in total. The molecule has 0 aromatic rings. The Balaban J connectivity index is 2.95. The van der Waals surface area contributed by atoms with Crippen LogP contribution in [0, 0.1) is 0 Å². The van der Waals surface area contributed by atoms with Gasteiger partial charge in [-0.1, -0.05) is 0 Å². The highest BCUT2D eigenvalue weighted by molar-refractivity contribution is 6.09. The van der Waals surface area contributed by atoms with E-state index in [0.29, 0.717) is 0 Å². The summed E-state index contributed by atoms with van der Waals surface area (Å²) in [6.07, 6.45) is -4.53. The van der Waals surface area contributed by atoms with Crippen LogP contribution in [0.15, 0.2) is 0 Å². The molecule has 1 aliphatic rings. The third-order valence-electron chi connectivity index (χ3n) is 2.57. The van der Waals surface area contributed by atoms with E-state index in [4.69, 9.17) is 52.2 Å². The maximum Gasteiger partial charge on any atom is 0.161 e. The van der Waals surface area contributed by atoms with Gasteiger partial charge in [-0.05, 0) is 6.92 Å². The molecule has 0 aromatic heterocycles. The maximum absolute atomic E-state index is 11.5. The topological polar surface area (TPSA) is 63.2 Å². The number of halogens is 4. The molecule has 1 rings (SSSR count). The number of rotatable bonds is 6. The van der Waals surface area contributed by atoms with Crippen LogP contribution in [-0.2, 0) is 26.7 Å². The van der Waals surface area contributed by atoms with E-state index in [1.54, 1.807) is 0 Å². The molecule has 18 heavy (non-hydrogen) atoms. The molecular formula is C8H10Cl4O6. The molecule has 5 atom stereocenters. The minimum Gasteiger partial charge on any atom is -0.359 e. The van der Waals surface area contributed by atoms with E-state index >= 15 is 0 Å². The normalized spacial score (nSPS) is 36.6. The SMILES string of the molecule is CC(=O)C1O[C@H](COCl)[C@H](OCl)[C@H](OCl)[C@H]1OCl. The van der Waals surface area contributed by atoms with Crippen molar-refractivity contribution in [2.75, 3.05) is 6.61 Å². The van der Waals surface area contributed by atoms with Gasteiger partial charge in [0.15, 0.2) is 5.78 Å². The van der Waals surface area contributed by atoms with Crippen molar-refractivity contribution in [1.29, 1.82) is 0 Å². The molecule has 0 aromatic carbocycles. The summed E-state index contributed by atoms with van der Waals surface area (Å²) in [5.41, 5.74) is 0. The van der Waals surface area contributed by atoms with Crippen molar-refractivity contribution in [3.8, 4) is 0 Å². The smallest absolute Gasteiger partial charge is 0.161 e. The Morgan fingerprint density at radius 2 is 1.61 bits per heavy atom. The van der Waals surface area contributed by atoms with Crippen LogP contribution >= 0.6 is 47.5 Å². The number of carbonyl (C=O) groups excluding carboxylic acids is 1. The summed E-state index contributed by atoms with van der Waals surface area (Å²) in [5.74, 6) is -0.327. The van der Waals surface area contributed by atoms with E-state index in [0.717, 1.165) is 0 Å². The van der Waals surface area contributed by atoms with Gasteiger partial charge in [-0.2, -0.15) is 0 Å². The van der Waals surface area contributed by atoms with Crippen LogP contribution in [0.25, 0.3) is 0 Å². The minimum absolute atomic E-state index is 0.0888. The molecule has 1 fully saturated rings. The maximum atomic E-state index is 11.5. The van der Waals surface area contributed by atoms with Gasteiger partial charge in [0, 0.05) is 0 Å². The van der Waals surface area contributed by atoms with Gasteiger partial charge in [-0.25, -0.2) is 0 Å². The largest absolute Gasteiger partial charge is 0.359 e. The highest BCUT2D eigenvalue weighted by atomic mass is 35.5. The van der Waals surface area contributed by atoms with Gasteiger partial charge < -0.3 is 4.74 Å². The molecule has 0 spiro atoms. The molecule has 1 aliphatic heterocycles. The van der Waals surface area contributed by atoms with Crippen LogP contribution < -0.4 is 0 Å². The zero-order valence-electron chi connectivity index (χ0n) is 9.06. The Bertz CT molecular complexity index is 280. The molecule has 0 bridgehead atoms. The lowest BCUT2D eigenvalue weighted by molar-refractivity contribution is -0.204. The first-order valence-corrected chi connectivity index (χ1v) is 6.05. The van der Waals surface area contributed by atoms with Gasteiger partial charge in [0.05, 0.1) is 54.1 Å². The second kappa shape index (κ2) is 8.04. The van der Waals surface area contributed by atoms with Crippen LogP contribution in [0.2, 0.25) is 0 Å². The van der Waals surface area contributed by atoms with Gasteiger partial charge in [0.25, 0.3) is 0 Å². The molecule has 0 radical (unpaired) electrons. The van der Waals surface area contributed by atoms with Crippen LogP contribution in [-0.4, -0.2) is 42.9 Å². The molecule has 0 aliphatic carbocycles. The lowest BCUT2D eigenvalue weighted by atomic mass is 9.93. The van der Waals surface area contributed by atoms with Crippen molar-refractivity contribution in [2.45, 2.75) is 37.4 Å². The van der Waals surface area contributed by atoms with Gasteiger partial charge >= 0.3 is 0 Å². The monoisotopic (exact) mass is 342 g/mol. The Hall–Kier alpha value is 0.630. The summed E-state index contributed by atoms with van der Waals surface area (Å²) >= 11 is 21.1. The first kappa shape index (κ1) is 16.7. The average molecular weight is 344 g/mol. The first-order valence-electron chi connectivity index (χ1n) is 4.82. The third kappa shape index (κ3) is 3.59. The molecule has 1 heterocycles. The quantitative estimate of drug-likeness (QED) is 0.736. The molecule has 1 unspecified atom stereocenters. The number of Topliss-reactive ketones (excluding diaryl/α,β-unsaturated/α-hetero) is 1. The van der Waals surface area contributed by atoms with Crippen molar-refractivity contribution in [1.82, 2.24) is 0 Å². The fraction of sp³-hybridized carbons (Fsp3) is 0.875. The van der Waals surface area contributed by atoms with E-state index < -0.39 is 30.5 Å². The fourth-order valence-electron chi connectivity index (χ4n) is 1.74. The second-order valence-corrected chi connectivity index (χ2v) is 4.40. The highest BCUT2D eigenvalue weighted by Gasteiger charge is 2.50. The summed E-state index contributed by atoms with van der Waals surface area (Å²) in [6.45, 7) is 1.22. The Labute approximate surface area is 124 Å². The molecule has 0 amide bonds. The van der Waals surface area contributed by atoms with Gasteiger partial charge in [0.2, 0.25) is 0 Å². The molecule has 106 valence electrons. The number of carbonyl (C=O) groups is 1. The Morgan fingerprint density at radius 1 is 1.06 bits per heavy atom. The summed E-state index contributed by atoms with van der Waals surface area (Å²) in [6, 6.07) is 0. The van der Waals surface area contributed by atoms with Gasteiger partial charge in [0.1, 0.15) is 30.5 Å². The zero-order valence-corrected chi connectivity index (χ0v) is 12.1. The van der Waals surface area contributed by atoms with Crippen LogP contribution in [0.4, 0.5) is 0 Å².